The van der Waals surface area contributed by atoms with Crippen molar-refractivity contribution in [3.8, 4) is 0 Å². The summed E-state index contributed by atoms with van der Waals surface area (Å²) in [5, 5.41) is 14.7. The summed E-state index contributed by atoms with van der Waals surface area (Å²) in [4.78, 5) is 27.1. The number of nitrogens with zero attached hydrogens (tertiary/aromatic N) is 1. The maximum Gasteiger partial charge on any atom is 0.319 e. The lowest BCUT2D eigenvalue weighted by atomic mass is 10.0. The number of aliphatic hydroxyl groups is 1. The zero-order valence-electron chi connectivity index (χ0n) is 14.9. The number of rotatable bonds is 7. The van der Waals surface area contributed by atoms with E-state index in [1.165, 1.54) is 24.3 Å². The zero-order valence-corrected chi connectivity index (χ0v) is 15.6. The summed E-state index contributed by atoms with van der Waals surface area (Å²) < 4.78 is 13.0. The van der Waals surface area contributed by atoms with Crippen molar-refractivity contribution in [1.29, 1.82) is 0 Å². The lowest BCUT2D eigenvalue weighted by molar-refractivity contribution is -0.120. The number of hydrogen-bond donors (Lipinski definition) is 4. The zero-order chi connectivity index (χ0) is 20.5. The van der Waals surface area contributed by atoms with Crippen molar-refractivity contribution in [1.82, 2.24) is 5.32 Å². The van der Waals surface area contributed by atoms with E-state index in [0.29, 0.717) is 17.1 Å². The third kappa shape index (κ3) is 7.34. The number of benzene rings is 2. The third-order valence-corrected chi connectivity index (χ3v) is 3.94. The molecule has 0 radical (unpaired) electrons. The van der Waals surface area contributed by atoms with Gasteiger partial charge >= 0.3 is 6.03 Å². The molecular weight excluding hydrogens is 387 g/mol. The summed E-state index contributed by atoms with van der Waals surface area (Å²) in [6, 6.07) is 11.4. The summed E-state index contributed by atoms with van der Waals surface area (Å²) in [5.41, 5.74) is 7.06. The Morgan fingerprint density at radius 3 is 2.39 bits per heavy atom. The number of halogens is 2. The molecule has 28 heavy (non-hydrogen) atoms. The van der Waals surface area contributed by atoms with Crippen LogP contribution >= 0.6 is 11.6 Å². The van der Waals surface area contributed by atoms with Gasteiger partial charge in [-0.1, -0.05) is 23.7 Å². The monoisotopic (exact) mass is 406 g/mol. The number of amidine groups is 1. The standard InChI is InChI=1S/C19H20ClFN4O3/c20-13-3-1-12(2-4-13)9-16(10-17(22)25-18(27)11-26)24-19(28)23-15-7-5-14(21)6-8-15/h1-8,16,26H,9-11H2,(H2,22,25,27)(H2,23,24,28). The van der Waals surface area contributed by atoms with Crippen LogP contribution in [0.25, 0.3) is 0 Å². The summed E-state index contributed by atoms with van der Waals surface area (Å²) in [7, 11) is 0. The van der Waals surface area contributed by atoms with Crippen LogP contribution in [-0.4, -0.2) is 35.5 Å². The molecule has 0 aliphatic rings. The maximum atomic E-state index is 13.0. The molecule has 2 rings (SSSR count). The number of anilines is 1. The van der Waals surface area contributed by atoms with Gasteiger partial charge < -0.3 is 21.5 Å². The maximum absolute atomic E-state index is 13.0. The Balaban J connectivity index is 2.08. The summed E-state index contributed by atoms with van der Waals surface area (Å²) in [6.45, 7) is -0.749. The molecule has 3 amide bonds. The van der Waals surface area contributed by atoms with Crippen molar-refractivity contribution in [3.63, 3.8) is 0 Å². The van der Waals surface area contributed by atoms with E-state index in [9.17, 15) is 14.0 Å². The van der Waals surface area contributed by atoms with E-state index < -0.39 is 30.4 Å². The first-order valence-electron chi connectivity index (χ1n) is 8.40. The lowest BCUT2D eigenvalue weighted by Gasteiger charge is -2.19. The first-order valence-corrected chi connectivity index (χ1v) is 8.77. The summed E-state index contributed by atoms with van der Waals surface area (Å²) in [5.74, 6) is -1.19. The largest absolute Gasteiger partial charge is 0.387 e. The highest BCUT2D eigenvalue weighted by Gasteiger charge is 2.16. The van der Waals surface area contributed by atoms with Gasteiger partial charge in [-0.2, -0.15) is 4.99 Å². The Bertz CT molecular complexity index is 841. The summed E-state index contributed by atoms with van der Waals surface area (Å²) in [6.07, 6.45) is 0.489. The molecule has 2 aromatic rings. The second-order valence-corrected chi connectivity index (χ2v) is 6.43. The Morgan fingerprint density at radius 1 is 1.14 bits per heavy atom. The molecule has 5 N–H and O–H groups in total. The van der Waals surface area contributed by atoms with Crippen LogP contribution in [-0.2, 0) is 11.2 Å². The minimum atomic E-state index is -0.765. The fourth-order valence-electron chi connectivity index (χ4n) is 2.46. The molecule has 2 aromatic carbocycles. The molecule has 0 saturated carbocycles. The second kappa shape index (κ2) is 10.4. The molecule has 0 heterocycles. The first kappa shape index (κ1) is 21.3. The van der Waals surface area contributed by atoms with Crippen LogP contribution in [0.3, 0.4) is 0 Å². The second-order valence-electron chi connectivity index (χ2n) is 5.99. The molecule has 0 fully saturated rings. The minimum Gasteiger partial charge on any atom is -0.387 e. The molecule has 0 spiro atoms. The molecule has 0 aliphatic heterocycles. The normalized spacial score (nSPS) is 12.3. The van der Waals surface area contributed by atoms with Crippen LogP contribution in [0, 0.1) is 5.82 Å². The SMILES string of the molecule is NC(CC(Cc1ccc(Cl)cc1)NC(=O)Nc1ccc(F)cc1)=NC(=O)CO. The van der Waals surface area contributed by atoms with Gasteiger partial charge in [0, 0.05) is 23.2 Å². The predicted molar refractivity (Wildman–Crippen MR) is 106 cm³/mol. The number of carbonyl (C=O) groups is 2. The van der Waals surface area contributed by atoms with Gasteiger partial charge in [0.05, 0.1) is 0 Å². The van der Waals surface area contributed by atoms with Crippen LogP contribution in [0.2, 0.25) is 5.02 Å². The lowest BCUT2D eigenvalue weighted by Crippen LogP contribution is -2.41. The smallest absolute Gasteiger partial charge is 0.319 e. The van der Waals surface area contributed by atoms with Gasteiger partial charge in [0.15, 0.2) is 0 Å². The van der Waals surface area contributed by atoms with Gasteiger partial charge in [0.2, 0.25) is 0 Å². The van der Waals surface area contributed by atoms with Crippen molar-refractivity contribution in [2.24, 2.45) is 10.7 Å². The molecule has 1 atom stereocenters. The van der Waals surface area contributed by atoms with Gasteiger partial charge in [0.1, 0.15) is 18.3 Å². The van der Waals surface area contributed by atoms with Gasteiger partial charge in [-0.3, -0.25) is 4.79 Å². The number of aliphatic imine (C=N–C) groups is 1. The Labute approximate surface area is 166 Å². The van der Waals surface area contributed by atoms with Gasteiger partial charge in [-0.05, 0) is 48.4 Å². The van der Waals surface area contributed by atoms with E-state index >= 15 is 0 Å². The minimum absolute atomic E-state index is 0.0138. The van der Waals surface area contributed by atoms with Crippen molar-refractivity contribution < 1.29 is 19.1 Å². The van der Waals surface area contributed by atoms with Crippen LogP contribution in [0.15, 0.2) is 53.5 Å². The number of nitrogens with one attached hydrogen (secondary N) is 2. The highest BCUT2D eigenvalue weighted by atomic mass is 35.5. The summed E-state index contributed by atoms with van der Waals surface area (Å²) >= 11 is 5.88. The molecule has 0 aromatic heterocycles. The number of nitrogens with two attached hydrogens (primary N) is 1. The van der Waals surface area contributed by atoms with Crippen LogP contribution in [0.1, 0.15) is 12.0 Å². The Morgan fingerprint density at radius 2 is 1.79 bits per heavy atom. The highest BCUT2D eigenvalue weighted by Crippen LogP contribution is 2.13. The predicted octanol–water partition coefficient (Wildman–Crippen LogP) is 2.48. The van der Waals surface area contributed by atoms with Crippen molar-refractivity contribution in [2.75, 3.05) is 11.9 Å². The fourth-order valence-corrected chi connectivity index (χ4v) is 2.58. The van der Waals surface area contributed by atoms with Gasteiger partial charge in [-0.25, -0.2) is 9.18 Å². The van der Waals surface area contributed by atoms with Gasteiger partial charge in [0.25, 0.3) is 5.91 Å². The van der Waals surface area contributed by atoms with Crippen LogP contribution in [0.4, 0.5) is 14.9 Å². The number of carbonyl (C=O) groups excluding carboxylic acids is 2. The first-order chi connectivity index (χ1) is 13.4. The molecule has 148 valence electrons. The number of urea groups is 1. The molecular formula is C19H20ClFN4O3. The molecule has 0 aliphatic carbocycles. The van der Waals surface area contributed by atoms with E-state index in [-0.39, 0.29) is 12.3 Å². The topological polar surface area (TPSA) is 117 Å². The quantitative estimate of drug-likeness (QED) is 0.417. The van der Waals surface area contributed by atoms with Crippen LogP contribution in [0.5, 0.6) is 0 Å². The molecule has 1 unspecified atom stereocenters. The van der Waals surface area contributed by atoms with E-state index in [2.05, 4.69) is 15.6 Å². The fraction of sp³-hybridized carbons (Fsp3) is 0.211. The van der Waals surface area contributed by atoms with Crippen molar-refractivity contribution >= 4 is 35.1 Å². The number of aliphatic hydroxyl groups excluding tert-OH is 1. The average Bonchev–Trinajstić information content (AvgIpc) is 2.65. The Kier molecular flexibility index (Phi) is 7.91. The van der Waals surface area contributed by atoms with E-state index in [1.54, 1.807) is 24.3 Å². The number of hydrogen-bond acceptors (Lipinski definition) is 3. The highest BCUT2D eigenvalue weighted by molar-refractivity contribution is 6.30. The number of amides is 3. The third-order valence-electron chi connectivity index (χ3n) is 3.69. The van der Waals surface area contributed by atoms with E-state index in [0.717, 1.165) is 5.56 Å². The Hall–Kier alpha value is -2.97. The van der Waals surface area contributed by atoms with E-state index in [4.69, 9.17) is 22.4 Å². The molecule has 7 nitrogen and oxygen atoms in total. The van der Waals surface area contributed by atoms with Crippen LogP contribution < -0.4 is 16.4 Å². The van der Waals surface area contributed by atoms with Gasteiger partial charge in [-0.15, -0.1) is 0 Å². The van der Waals surface area contributed by atoms with Crippen molar-refractivity contribution in [3.05, 3.63) is 64.9 Å². The molecule has 0 saturated heterocycles. The molecule has 9 heteroatoms. The average molecular weight is 407 g/mol. The van der Waals surface area contributed by atoms with Crippen molar-refractivity contribution in [2.45, 2.75) is 18.9 Å². The molecule has 0 bridgehead atoms. The van der Waals surface area contributed by atoms with E-state index in [1.807, 2.05) is 0 Å².